The Morgan fingerprint density at radius 2 is 2.00 bits per heavy atom. The van der Waals surface area contributed by atoms with Gasteiger partial charge in [0, 0.05) is 11.7 Å². The number of aliphatic hydroxyl groups excluding tert-OH is 1. The van der Waals surface area contributed by atoms with Gasteiger partial charge in [0.25, 0.3) is 0 Å². The molecule has 0 aromatic heterocycles. The van der Waals surface area contributed by atoms with E-state index in [0.717, 1.165) is 25.7 Å². The summed E-state index contributed by atoms with van der Waals surface area (Å²) in [6.07, 6.45) is 3.16. The van der Waals surface area contributed by atoms with Crippen LogP contribution in [0.15, 0.2) is 18.2 Å². The summed E-state index contributed by atoms with van der Waals surface area (Å²) in [4.78, 5) is 0. The summed E-state index contributed by atoms with van der Waals surface area (Å²) in [5, 5.41) is 16.1. The molecule has 1 aliphatic rings. The Kier molecular flexibility index (Phi) is 4.96. The molecule has 0 radical (unpaired) electrons. The summed E-state index contributed by atoms with van der Waals surface area (Å²) < 4.78 is 13.3. The first-order chi connectivity index (χ1) is 9.04. The molecule has 1 aromatic carbocycles. The van der Waals surface area contributed by atoms with Gasteiger partial charge in [0.05, 0.1) is 11.1 Å². The molecule has 0 spiro atoms. The molecular weight excluding hydrogens is 287 g/mol. The highest BCUT2D eigenvalue weighted by molar-refractivity contribution is 7.80. The molecule has 0 saturated heterocycles. The Morgan fingerprint density at radius 1 is 1.32 bits per heavy atom. The predicted octanol–water partition coefficient (Wildman–Crippen LogP) is 3.07. The zero-order valence-electron chi connectivity index (χ0n) is 10.3. The van der Waals surface area contributed by atoms with Crippen molar-refractivity contribution in [2.24, 2.45) is 0 Å². The van der Waals surface area contributed by atoms with Crippen LogP contribution >= 0.6 is 23.8 Å². The molecule has 3 N–H and O–H groups in total. The normalized spacial score (nSPS) is 22.9. The summed E-state index contributed by atoms with van der Waals surface area (Å²) in [6, 6.07) is 4.73. The molecule has 1 aliphatic carbocycles. The molecule has 0 aliphatic heterocycles. The van der Waals surface area contributed by atoms with E-state index in [4.69, 9.17) is 23.8 Å². The Morgan fingerprint density at radius 3 is 2.63 bits per heavy atom. The van der Waals surface area contributed by atoms with E-state index in [2.05, 4.69) is 10.6 Å². The molecule has 2 rings (SSSR count). The van der Waals surface area contributed by atoms with Crippen LogP contribution in [0.3, 0.4) is 0 Å². The number of rotatable bonds is 2. The van der Waals surface area contributed by atoms with Crippen molar-refractivity contribution < 1.29 is 9.50 Å². The Balaban J connectivity index is 1.85. The number of hydrogen-bond acceptors (Lipinski definition) is 2. The van der Waals surface area contributed by atoms with Crippen LogP contribution < -0.4 is 10.6 Å². The smallest absolute Gasteiger partial charge is 0.170 e. The minimum Gasteiger partial charge on any atom is -0.393 e. The molecule has 1 aromatic rings. The lowest BCUT2D eigenvalue weighted by molar-refractivity contribution is 0.120. The third kappa shape index (κ3) is 4.30. The maximum absolute atomic E-state index is 13.3. The summed E-state index contributed by atoms with van der Waals surface area (Å²) in [6.45, 7) is 0. The molecule has 19 heavy (non-hydrogen) atoms. The van der Waals surface area contributed by atoms with Crippen LogP contribution in [0.2, 0.25) is 5.02 Å². The summed E-state index contributed by atoms with van der Waals surface area (Å²) in [5.74, 6) is -0.477. The number of benzene rings is 1. The van der Waals surface area contributed by atoms with E-state index >= 15 is 0 Å². The van der Waals surface area contributed by atoms with Crippen molar-refractivity contribution in [3.05, 3.63) is 29.0 Å². The van der Waals surface area contributed by atoms with Crippen LogP contribution in [0.5, 0.6) is 0 Å². The molecule has 0 unspecified atom stereocenters. The van der Waals surface area contributed by atoms with Gasteiger partial charge in [-0.2, -0.15) is 0 Å². The molecule has 3 nitrogen and oxygen atoms in total. The first kappa shape index (κ1) is 14.5. The second-order valence-electron chi connectivity index (χ2n) is 4.73. The second-order valence-corrected chi connectivity index (χ2v) is 5.55. The van der Waals surface area contributed by atoms with Gasteiger partial charge in [0.2, 0.25) is 0 Å². The summed E-state index contributed by atoms with van der Waals surface area (Å²) in [5.41, 5.74) is 0.565. The zero-order chi connectivity index (χ0) is 13.8. The molecule has 0 bridgehead atoms. The van der Waals surface area contributed by atoms with Crippen molar-refractivity contribution in [3.63, 3.8) is 0 Å². The van der Waals surface area contributed by atoms with Gasteiger partial charge in [-0.25, -0.2) is 4.39 Å². The van der Waals surface area contributed by atoms with Crippen molar-refractivity contribution in [1.82, 2.24) is 5.32 Å². The van der Waals surface area contributed by atoms with Crippen molar-refractivity contribution in [3.8, 4) is 0 Å². The van der Waals surface area contributed by atoms with E-state index < -0.39 is 5.82 Å². The van der Waals surface area contributed by atoms with Crippen molar-refractivity contribution >= 4 is 34.6 Å². The van der Waals surface area contributed by atoms with Gasteiger partial charge in [-0.3, -0.25) is 0 Å². The maximum atomic E-state index is 13.3. The lowest BCUT2D eigenvalue weighted by Crippen LogP contribution is -2.40. The van der Waals surface area contributed by atoms with Gasteiger partial charge in [-0.1, -0.05) is 11.6 Å². The largest absolute Gasteiger partial charge is 0.393 e. The Hall–Kier alpha value is -0.910. The van der Waals surface area contributed by atoms with Gasteiger partial charge >= 0.3 is 0 Å². The molecule has 1 saturated carbocycles. The average molecular weight is 303 g/mol. The van der Waals surface area contributed by atoms with Crippen molar-refractivity contribution in [2.45, 2.75) is 37.8 Å². The van der Waals surface area contributed by atoms with Crippen molar-refractivity contribution in [1.29, 1.82) is 0 Å². The third-order valence-corrected chi connectivity index (χ3v) is 3.74. The van der Waals surface area contributed by atoms with Gasteiger partial charge < -0.3 is 15.7 Å². The fourth-order valence-corrected chi connectivity index (χ4v) is 2.55. The number of hydrogen-bond donors (Lipinski definition) is 3. The number of nitrogens with one attached hydrogen (secondary N) is 2. The Bertz CT molecular complexity index is 464. The van der Waals surface area contributed by atoms with Crippen LogP contribution in [-0.4, -0.2) is 22.4 Å². The lowest BCUT2D eigenvalue weighted by Gasteiger charge is -2.27. The zero-order valence-corrected chi connectivity index (χ0v) is 11.9. The predicted molar refractivity (Wildman–Crippen MR) is 79.0 cm³/mol. The van der Waals surface area contributed by atoms with Crippen LogP contribution in [0, 0.1) is 5.82 Å². The van der Waals surface area contributed by atoms with E-state index in [-0.39, 0.29) is 17.2 Å². The number of aliphatic hydroxyl groups is 1. The molecule has 0 atom stereocenters. The number of halogens is 2. The fraction of sp³-hybridized carbons (Fsp3) is 0.462. The molecule has 104 valence electrons. The van der Waals surface area contributed by atoms with Crippen LogP contribution in [-0.2, 0) is 0 Å². The highest BCUT2D eigenvalue weighted by Gasteiger charge is 2.19. The summed E-state index contributed by atoms with van der Waals surface area (Å²) in [7, 11) is 0. The van der Waals surface area contributed by atoms with Crippen molar-refractivity contribution in [2.75, 3.05) is 5.32 Å². The van der Waals surface area contributed by atoms with E-state index in [1.807, 2.05) is 0 Å². The minimum atomic E-state index is -0.477. The topological polar surface area (TPSA) is 44.3 Å². The summed E-state index contributed by atoms with van der Waals surface area (Å²) >= 11 is 10.8. The average Bonchev–Trinajstić information content (AvgIpc) is 2.37. The highest BCUT2D eigenvalue weighted by atomic mass is 35.5. The van der Waals surface area contributed by atoms with Crippen LogP contribution in [0.25, 0.3) is 0 Å². The third-order valence-electron chi connectivity index (χ3n) is 3.21. The fourth-order valence-electron chi connectivity index (χ4n) is 2.15. The van der Waals surface area contributed by atoms with E-state index in [1.54, 1.807) is 6.07 Å². The van der Waals surface area contributed by atoms with Crippen LogP contribution in [0.1, 0.15) is 25.7 Å². The van der Waals surface area contributed by atoms with Gasteiger partial charge in [-0.05, 0) is 56.1 Å². The van der Waals surface area contributed by atoms with E-state index in [0.29, 0.717) is 10.8 Å². The van der Waals surface area contributed by atoms with E-state index in [1.165, 1.54) is 12.1 Å². The maximum Gasteiger partial charge on any atom is 0.170 e. The monoisotopic (exact) mass is 302 g/mol. The molecule has 6 heteroatoms. The molecular formula is C13H16ClFN2OS. The van der Waals surface area contributed by atoms with E-state index in [9.17, 15) is 9.50 Å². The van der Waals surface area contributed by atoms with Gasteiger partial charge in [0.15, 0.2) is 5.11 Å². The second kappa shape index (κ2) is 6.50. The first-order valence-electron chi connectivity index (χ1n) is 6.25. The van der Waals surface area contributed by atoms with Crippen LogP contribution in [0.4, 0.5) is 10.1 Å². The SMILES string of the molecule is OC1CCC(NC(=S)Nc2ccc(Cl)c(F)c2)CC1. The molecule has 0 amide bonds. The lowest BCUT2D eigenvalue weighted by atomic mass is 9.93. The standard InChI is InChI=1S/C13H16ClFN2OS/c14-11-6-3-9(7-12(11)15)17-13(19)16-8-1-4-10(18)5-2-8/h3,6-8,10,18H,1-2,4-5H2,(H2,16,17,19). The minimum absolute atomic E-state index is 0.0886. The van der Waals surface area contributed by atoms with Gasteiger partial charge in [0.1, 0.15) is 5.82 Å². The van der Waals surface area contributed by atoms with Gasteiger partial charge in [-0.15, -0.1) is 0 Å². The molecule has 1 fully saturated rings. The Labute approximate surface area is 122 Å². The first-order valence-corrected chi connectivity index (χ1v) is 7.04. The number of anilines is 1. The highest BCUT2D eigenvalue weighted by Crippen LogP contribution is 2.20. The number of thiocarbonyl (C=S) groups is 1. The quantitative estimate of drug-likeness (QED) is 0.735. The molecule has 0 heterocycles.